The monoisotopic (exact) mass is 328 g/mol. The number of carbonyl (C=O) groups excluding carboxylic acids is 1. The van der Waals surface area contributed by atoms with Gasteiger partial charge in [-0.15, -0.1) is 0 Å². The summed E-state index contributed by atoms with van der Waals surface area (Å²) in [4.78, 5) is 24.8. The Morgan fingerprint density at radius 1 is 1.26 bits per heavy atom. The lowest BCUT2D eigenvalue weighted by Crippen LogP contribution is -2.44. The third-order valence-corrected chi connectivity index (χ3v) is 3.44. The van der Waals surface area contributed by atoms with Crippen molar-refractivity contribution >= 4 is 22.8 Å². The van der Waals surface area contributed by atoms with Crippen LogP contribution in [0, 0.1) is 0 Å². The molecule has 0 unspecified atom stereocenters. The summed E-state index contributed by atoms with van der Waals surface area (Å²) in [6.07, 6.45) is -3.65. The first-order chi connectivity index (χ1) is 10.8. The van der Waals surface area contributed by atoms with Crippen molar-refractivity contribution in [3.05, 3.63) is 36.0 Å². The summed E-state index contributed by atoms with van der Waals surface area (Å²) in [5.41, 5.74) is 1.54. The molecule has 0 fully saturated rings. The van der Waals surface area contributed by atoms with Crippen LogP contribution in [0.4, 0.5) is 13.2 Å². The zero-order valence-electron chi connectivity index (χ0n) is 12.0. The fraction of sp³-hybridized carbons (Fsp3) is 0.333. The van der Waals surface area contributed by atoms with E-state index >= 15 is 0 Å². The smallest absolute Gasteiger partial charge is 0.471 e. The van der Waals surface area contributed by atoms with Crippen molar-refractivity contribution in [2.75, 3.05) is 0 Å². The van der Waals surface area contributed by atoms with Crippen LogP contribution in [0.15, 0.2) is 30.5 Å². The summed E-state index contributed by atoms with van der Waals surface area (Å²) >= 11 is 0. The fourth-order valence-corrected chi connectivity index (χ4v) is 2.36. The summed E-state index contributed by atoms with van der Waals surface area (Å²) in [6.45, 7) is 0. The minimum absolute atomic E-state index is 0.0866. The molecule has 2 aromatic rings. The molecule has 0 bridgehead atoms. The maximum Gasteiger partial charge on any atom is 0.471 e. The van der Waals surface area contributed by atoms with Gasteiger partial charge < -0.3 is 15.4 Å². The van der Waals surface area contributed by atoms with E-state index in [-0.39, 0.29) is 19.3 Å². The molecule has 1 amide bonds. The second-order valence-corrected chi connectivity index (χ2v) is 5.16. The number of carboxylic acid groups (broad SMARTS) is 1. The van der Waals surface area contributed by atoms with Gasteiger partial charge in [0.2, 0.25) is 0 Å². The van der Waals surface area contributed by atoms with E-state index in [1.807, 2.05) is 17.4 Å². The standard InChI is InChI=1S/C15H15F3N2O3/c16-15(17,18)14(23)20-10(5-6-13(21)22)7-9-8-19-12-4-2-1-3-11(9)12/h1-4,8,10,19H,5-7H2,(H,20,23)(H,21,22)/t10-/m0/s1. The van der Waals surface area contributed by atoms with Crippen molar-refractivity contribution in [1.29, 1.82) is 0 Å². The van der Waals surface area contributed by atoms with Crippen molar-refractivity contribution in [1.82, 2.24) is 10.3 Å². The fourth-order valence-electron chi connectivity index (χ4n) is 2.36. The Morgan fingerprint density at radius 2 is 1.96 bits per heavy atom. The maximum atomic E-state index is 12.4. The largest absolute Gasteiger partial charge is 0.481 e. The number of aliphatic carboxylic acids is 1. The molecule has 5 nitrogen and oxygen atoms in total. The Kier molecular flexibility index (Phi) is 4.92. The molecule has 0 saturated carbocycles. The number of rotatable bonds is 6. The Labute approximate surface area is 129 Å². The van der Waals surface area contributed by atoms with E-state index < -0.39 is 24.1 Å². The SMILES string of the molecule is O=C(O)CC[C@@H](Cc1c[nH]c2ccccc12)NC(=O)C(F)(F)F. The first kappa shape index (κ1) is 16.9. The van der Waals surface area contributed by atoms with Gasteiger partial charge in [0.1, 0.15) is 0 Å². The highest BCUT2D eigenvalue weighted by atomic mass is 19.4. The van der Waals surface area contributed by atoms with Crippen LogP contribution in [0.5, 0.6) is 0 Å². The molecular formula is C15H15F3N2O3. The van der Waals surface area contributed by atoms with Gasteiger partial charge in [0.15, 0.2) is 0 Å². The minimum atomic E-state index is -5.00. The van der Waals surface area contributed by atoms with Crippen LogP contribution in [0.25, 0.3) is 10.9 Å². The van der Waals surface area contributed by atoms with Crippen LogP contribution >= 0.6 is 0 Å². The van der Waals surface area contributed by atoms with Crippen molar-refractivity contribution < 1.29 is 27.9 Å². The second-order valence-electron chi connectivity index (χ2n) is 5.16. The number of aromatic nitrogens is 1. The molecule has 2 rings (SSSR count). The second kappa shape index (κ2) is 6.72. The van der Waals surface area contributed by atoms with Gasteiger partial charge >= 0.3 is 18.1 Å². The molecular weight excluding hydrogens is 313 g/mol. The van der Waals surface area contributed by atoms with Gasteiger partial charge in [-0.2, -0.15) is 13.2 Å². The molecule has 0 spiro atoms. The summed E-state index contributed by atoms with van der Waals surface area (Å²) in [5.74, 6) is -3.19. The lowest BCUT2D eigenvalue weighted by atomic mass is 10.0. The number of hydrogen-bond donors (Lipinski definition) is 3. The topological polar surface area (TPSA) is 82.2 Å². The molecule has 0 aliphatic heterocycles. The normalized spacial score (nSPS) is 13.0. The number of aromatic amines is 1. The highest BCUT2D eigenvalue weighted by molar-refractivity contribution is 5.84. The van der Waals surface area contributed by atoms with E-state index in [0.717, 1.165) is 16.5 Å². The molecule has 124 valence electrons. The van der Waals surface area contributed by atoms with Crippen molar-refractivity contribution in [2.45, 2.75) is 31.5 Å². The molecule has 1 aromatic carbocycles. The Bertz CT molecular complexity index is 709. The van der Waals surface area contributed by atoms with Crippen LogP contribution in [-0.2, 0) is 16.0 Å². The summed E-state index contributed by atoms with van der Waals surface area (Å²) < 4.78 is 37.2. The van der Waals surface area contributed by atoms with Crippen LogP contribution in [0.3, 0.4) is 0 Å². The lowest BCUT2D eigenvalue weighted by Gasteiger charge is -2.18. The van der Waals surface area contributed by atoms with Crippen molar-refractivity contribution in [3.63, 3.8) is 0 Å². The number of alkyl halides is 3. The van der Waals surface area contributed by atoms with E-state index in [1.165, 1.54) is 0 Å². The van der Waals surface area contributed by atoms with E-state index in [2.05, 4.69) is 4.98 Å². The zero-order chi connectivity index (χ0) is 17.0. The van der Waals surface area contributed by atoms with Gasteiger partial charge in [-0.25, -0.2) is 0 Å². The molecule has 0 aliphatic carbocycles. The number of carboxylic acids is 1. The lowest BCUT2D eigenvalue weighted by molar-refractivity contribution is -0.174. The highest BCUT2D eigenvalue weighted by Gasteiger charge is 2.39. The van der Waals surface area contributed by atoms with Gasteiger partial charge in [-0.1, -0.05) is 18.2 Å². The van der Waals surface area contributed by atoms with Gasteiger partial charge in [0.25, 0.3) is 0 Å². The molecule has 0 aliphatic rings. The number of amides is 1. The maximum absolute atomic E-state index is 12.4. The van der Waals surface area contributed by atoms with Crippen molar-refractivity contribution in [2.24, 2.45) is 0 Å². The van der Waals surface area contributed by atoms with E-state index in [9.17, 15) is 22.8 Å². The number of H-pyrrole nitrogens is 1. The zero-order valence-corrected chi connectivity index (χ0v) is 12.0. The Morgan fingerprint density at radius 3 is 2.61 bits per heavy atom. The van der Waals surface area contributed by atoms with Gasteiger partial charge in [-0.3, -0.25) is 9.59 Å². The van der Waals surface area contributed by atoms with Crippen LogP contribution < -0.4 is 5.32 Å². The van der Waals surface area contributed by atoms with Gasteiger partial charge in [0, 0.05) is 29.6 Å². The predicted molar refractivity (Wildman–Crippen MR) is 76.9 cm³/mol. The third kappa shape index (κ3) is 4.48. The number of fused-ring (bicyclic) bond motifs is 1. The molecule has 1 aromatic heterocycles. The minimum Gasteiger partial charge on any atom is -0.481 e. The molecule has 23 heavy (non-hydrogen) atoms. The Balaban J connectivity index is 2.16. The molecule has 0 saturated heterocycles. The van der Waals surface area contributed by atoms with Crippen LogP contribution in [-0.4, -0.2) is 34.2 Å². The molecule has 3 N–H and O–H groups in total. The number of benzene rings is 1. The molecule has 0 radical (unpaired) electrons. The molecule has 1 atom stereocenters. The molecule has 8 heteroatoms. The quantitative estimate of drug-likeness (QED) is 0.762. The summed E-state index contributed by atoms with van der Waals surface area (Å²) in [7, 11) is 0. The number of carbonyl (C=O) groups is 2. The molecule has 1 heterocycles. The summed E-state index contributed by atoms with van der Waals surface area (Å²) in [6, 6.07) is 6.32. The van der Waals surface area contributed by atoms with E-state index in [4.69, 9.17) is 5.11 Å². The number of para-hydroxylation sites is 1. The number of halogens is 3. The first-order valence-electron chi connectivity index (χ1n) is 6.92. The van der Waals surface area contributed by atoms with Crippen LogP contribution in [0.1, 0.15) is 18.4 Å². The van der Waals surface area contributed by atoms with Crippen molar-refractivity contribution in [3.8, 4) is 0 Å². The average molecular weight is 328 g/mol. The highest BCUT2D eigenvalue weighted by Crippen LogP contribution is 2.21. The van der Waals surface area contributed by atoms with E-state index in [0.29, 0.717) is 0 Å². The first-order valence-corrected chi connectivity index (χ1v) is 6.92. The van der Waals surface area contributed by atoms with Crippen LogP contribution in [0.2, 0.25) is 0 Å². The average Bonchev–Trinajstić information content (AvgIpc) is 2.87. The summed E-state index contributed by atoms with van der Waals surface area (Å²) in [5, 5.41) is 11.4. The van der Waals surface area contributed by atoms with Gasteiger partial charge in [-0.05, 0) is 24.5 Å². The number of hydrogen-bond acceptors (Lipinski definition) is 2. The van der Waals surface area contributed by atoms with E-state index in [1.54, 1.807) is 18.3 Å². The third-order valence-electron chi connectivity index (χ3n) is 3.44. The van der Waals surface area contributed by atoms with Gasteiger partial charge in [0.05, 0.1) is 0 Å². The Hall–Kier alpha value is -2.51. The predicted octanol–water partition coefficient (Wildman–Crippen LogP) is 2.62. The number of nitrogens with one attached hydrogen (secondary N) is 2.